The highest BCUT2D eigenvalue weighted by Gasteiger charge is 2.31. The van der Waals surface area contributed by atoms with Crippen LogP contribution >= 0.6 is 0 Å². The van der Waals surface area contributed by atoms with Crippen molar-refractivity contribution in [1.82, 2.24) is 5.32 Å². The molecule has 4 nitrogen and oxygen atoms in total. The van der Waals surface area contributed by atoms with Crippen LogP contribution in [0.1, 0.15) is 42.9 Å². The number of nitrogens with zero attached hydrogens (tertiary/aromatic N) is 1. The van der Waals surface area contributed by atoms with Crippen molar-refractivity contribution in [3.05, 3.63) is 59.7 Å². The summed E-state index contributed by atoms with van der Waals surface area (Å²) in [6.07, 6.45) is 3.86. The lowest BCUT2D eigenvalue weighted by Crippen LogP contribution is -2.22. The Morgan fingerprint density at radius 1 is 1.15 bits per heavy atom. The monoisotopic (exact) mass is 350 g/mol. The standard InChI is InChI=1S/C22H26N2O2/c1-25-20-11-9-19(10-12-20)22(18-7-8-18)24-16-17-5-4-6-21(15-17)26-14-3-2-13-23/h4-6,9-12,15,18,22,24H,2-3,7-8,14,16H2,1H3. The van der Waals surface area contributed by atoms with Crippen LogP contribution < -0.4 is 14.8 Å². The summed E-state index contributed by atoms with van der Waals surface area (Å²) < 4.78 is 11.0. The Hall–Kier alpha value is -2.51. The molecule has 0 amide bonds. The number of ether oxygens (including phenoxy) is 2. The van der Waals surface area contributed by atoms with E-state index in [1.165, 1.54) is 24.0 Å². The van der Waals surface area contributed by atoms with E-state index < -0.39 is 0 Å². The van der Waals surface area contributed by atoms with Crippen molar-refractivity contribution in [3.63, 3.8) is 0 Å². The van der Waals surface area contributed by atoms with Crippen LogP contribution in [0.5, 0.6) is 11.5 Å². The van der Waals surface area contributed by atoms with Gasteiger partial charge in [-0.25, -0.2) is 0 Å². The maximum Gasteiger partial charge on any atom is 0.119 e. The van der Waals surface area contributed by atoms with E-state index in [4.69, 9.17) is 14.7 Å². The average molecular weight is 350 g/mol. The molecule has 1 fully saturated rings. The van der Waals surface area contributed by atoms with Crippen LogP contribution in [-0.2, 0) is 6.54 Å². The zero-order valence-corrected chi connectivity index (χ0v) is 15.3. The molecule has 1 N–H and O–H groups in total. The quantitative estimate of drug-likeness (QED) is 0.635. The maximum absolute atomic E-state index is 8.58. The van der Waals surface area contributed by atoms with E-state index in [1.54, 1.807) is 7.11 Å². The zero-order chi connectivity index (χ0) is 18.2. The van der Waals surface area contributed by atoms with Gasteiger partial charge in [0.05, 0.1) is 19.8 Å². The van der Waals surface area contributed by atoms with Gasteiger partial charge in [0.1, 0.15) is 11.5 Å². The summed E-state index contributed by atoms with van der Waals surface area (Å²) in [4.78, 5) is 0. The van der Waals surface area contributed by atoms with E-state index in [0.29, 0.717) is 25.0 Å². The fraction of sp³-hybridized carbons (Fsp3) is 0.409. The van der Waals surface area contributed by atoms with E-state index in [9.17, 15) is 0 Å². The Kier molecular flexibility index (Phi) is 6.51. The van der Waals surface area contributed by atoms with Gasteiger partial charge in [-0.2, -0.15) is 5.26 Å². The van der Waals surface area contributed by atoms with Crippen LogP contribution in [0.15, 0.2) is 48.5 Å². The summed E-state index contributed by atoms with van der Waals surface area (Å²) in [5.74, 6) is 2.48. The van der Waals surface area contributed by atoms with Gasteiger partial charge in [0.25, 0.3) is 0 Å². The number of unbranched alkanes of at least 4 members (excludes halogenated alkanes) is 1. The molecule has 1 aliphatic rings. The molecule has 0 aromatic heterocycles. The summed E-state index contributed by atoms with van der Waals surface area (Å²) in [5, 5.41) is 12.3. The second-order valence-electron chi connectivity index (χ2n) is 6.73. The van der Waals surface area contributed by atoms with Crippen molar-refractivity contribution >= 4 is 0 Å². The molecule has 0 bridgehead atoms. The number of nitriles is 1. The van der Waals surface area contributed by atoms with Crippen LogP contribution in [-0.4, -0.2) is 13.7 Å². The first-order valence-corrected chi connectivity index (χ1v) is 9.26. The first kappa shape index (κ1) is 18.3. The Morgan fingerprint density at radius 2 is 1.96 bits per heavy atom. The van der Waals surface area contributed by atoms with Crippen molar-refractivity contribution < 1.29 is 9.47 Å². The molecule has 0 aliphatic heterocycles. The molecule has 2 aromatic carbocycles. The highest BCUT2D eigenvalue weighted by Crippen LogP contribution is 2.41. The minimum Gasteiger partial charge on any atom is -0.497 e. The molecule has 136 valence electrons. The number of rotatable bonds is 10. The Balaban J connectivity index is 1.58. The summed E-state index contributed by atoms with van der Waals surface area (Å²) >= 11 is 0. The number of benzene rings is 2. The molecule has 26 heavy (non-hydrogen) atoms. The molecule has 1 saturated carbocycles. The molecule has 0 spiro atoms. The van der Waals surface area contributed by atoms with Crippen LogP contribution in [0.3, 0.4) is 0 Å². The fourth-order valence-corrected chi connectivity index (χ4v) is 3.11. The Labute approximate surface area is 155 Å². The van der Waals surface area contributed by atoms with E-state index in [2.05, 4.69) is 35.7 Å². The molecule has 1 atom stereocenters. The third kappa shape index (κ3) is 5.24. The van der Waals surface area contributed by atoms with E-state index in [-0.39, 0.29) is 0 Å². The molecule has 0 radical (unpaired) electrons. The molecule has 0 heterocycles. The fourth-order valence-electron chi connectivity index (χ4n) is 3.11. The van der Waals surface area contributed by atoms with Gasteiger partial charge in [-0.3, -0.25) is 0 Å². The van der Waals surface area contributed by atoms with Crippen LogP contribution in [0.2, 0.25) is 0 Å². The summed E-state index contributed by atoms with van der Waals surface area (Å²) in [7, 11) is 1.70. The van der Waals surface area contributed by atoms with E-state index >= 15 is 0 Å². The highest BCUT2D eigenvalue weighted by atomic mass is 16.5. The van der Waals surface area contributed by atoms with Crippen molar-refractivity contribution in [2.75, 3.05) is 13.7 Å². The number of methoxy groups -OCH3 is 1. The van der Waals surface area contributed by atoms with Crippen LogP contribution in [0, 0.1) is 17.2 Å². The lowest BCUT2D eigenvalue weighted by atomic mass is 10.0. The third-order valence-electron chi connectivity index (χ3n) is 4.69. The molecule has 0 saturated heterocycles. The maximum atomic E-state index is 8.58. The first-order chi connectivity index (χ1) is 12.8. The van der Waals surface area contributed by atoms with Crippen molar-refractivity contribution in [2.45, 2.75) is 38.3 Å². The molecule has 1 aliphatic carbocycles. The van der Waals surface area contributed by atoms with Crippen molar-refractivity contribution in [1.29, 1.82) is 5.26 Å². The third-order valence-corrected chi connectivity index (χ3v) is 4.69. The molecular formula is C22H26N2O2. The first-order valence-electron chi connectivity index (χ1n) is 9.26. The summed E-state index contributed by atoms with van der Waals surface area (Å²) in [6, 6.07) is 19.1. The van der Waals surface area contributed by atoms with Gasteiger partial charge in [0, 0.05) is 19.0 Å². The molecular weight excluding hydrogens is 324 g/mol. The Morgan fingerprint density at radius 3 is 2.65 bits per heavy atom. The molecule has 2 aromatic rings. The topological polar surface area (TPSA) is 54.3 Å². The largest absolute Gasteiger partial charge is 0.497 e. The zero-order valence-electron chi connectivity index (χ0n) is 15.3. The predicted octanol–water partition coefficient (Wildman–Crippen LogP) is 4.62. The van der Waals surface area contributed by atoms with Gasteiger partial charge in [-0.15, -0.1) is 0 Å². The van der Waals surface area contributed by atoms with Gasteiger partial charge in [0.2, 0.25) is 0 Å². The van der Waals surface area contributed by atoms with Gasteiger partial charge in [-0.05, 0) is 60.6 Å². The van der Waals surface area contributed by atoms with Gasteiger partial charge in [-0.1, -0.05) is 24.3 Å². The predicted molar refractivity (Wildman–Crippen MR) is 102 cm³/mol. The average Bonchev–Trinajstić information content (AvgIpc) is 3.51. The minimum atomic E-state index is 0.376. The van der Waals surface area contributed by atoms with E-state index in [1.807, 2.05) is 24.3 Å². The van der Waals surface area contributed by atoms with Gasteiger partial charge >= 0.3 is 0 Å². The van der Waals surface area contributed by atoms with E-state index in [0.717, 1.165) is 24.5 Å². The Bertz CT molecular complexity index is 733. The minimum absolute atomic E-state index is 0.376. The van der Waals surface area contributed by atoms with Crippen LogP contribution in [0.25, 0.3) is 0 Å². The van der Waals surface area contributed by atoms with Crippen LogP contribution in [0.4, 0.5) is 0 Å². The second-order valence-corrected chi connectivity index (χ2v) is 6.73. The van der Waals surface area contributed by atoms with Gasteiger partial charge < -0.3 is 14.8 Å². The lowest BCUT2D eigenvalue weighted by molar-refractivity contribution is 0.312. The van der Waals surface area contributed by atoms with Gasteiger partial charge in [0.15, 0.2) is 0 Å². The van der Waals surface area contributed by atoms with Crippen molar-refractivity contribution in [2.24, 2.45) is 5.92 Å². The number of nitrogens with one attached hydrogen (secondary N) is 1. The molecule has 1 unspecified atom stereocenters. The summed E-state index contributed by atoms with van der Waals surface area (Å²) in [5.41, 5.74) is 2.53. The van der Waals surface area contributed by atoms with Crippen molar-refractivity contribution in [3.8, 4) is 17.6 Å². The smallest absolute Gasteiger partial charge is 0.119 e. The molecule has 4 heteroatoms. The summed E-state index contributed by atoms with van der Waals surface area (Å²) in [6.45, 7) is 1.39. The lowest BCUT2D eigenvalue weighted by Gasteiger charge is -2.19. The molecule has 3 rings (SSSR count). The second kappa shape index (κ2) is 9.26. The number of hydrogen-bond acceptors (Lipinski definition) is 4. The normalized spacial score (nSPS) is 14.5. The highest BCUT2D eigenvalue weighted by molar-refractivity contribution is 5.31. The SMILES string of the molecule is COc1ccc(C(NCc2cccc(OCCCC#N)c2)C2CC2)cc1. The number of hydrogen-bond donors (Lipinski definition) is 1.